The van der Waals surface area contributed by atoms with E-state index in [2.05, 4.69) is 12.2 Å². The van der Waals surface area contributed by atoms with Crippen molar-refractivity contribution >= 4 is 29.2 Å². The van der Waals surface area contributed by atoms with Gasteiger partial charge in [0.2, 0.25) is 5.91 Å². The van der Waals surface area contributed by atoms with Crippen LogP contribution >= 0.6 is 0 Å². The van der Waals surface area contributed by atoms with Crippen LogP contribution in [0.1, 0.15) is 35.7 Å². The van der Waals surface area contributed by atoms with Crippen molar-refractivity contribution in [2.45, 2.75) is 32.3 Å². The predicted molar refractivity (Wildman–Crippen MR) is 117 cm³/mol. The number of benzene rings is 2. The van der Waals surface area contributed by atoms with E-state index < -0.39 is 0 Å². The lowest BCUT2D eigenvalue weighted by Gasteiger charge is -2.24. The third-order valence-corrected chi connectivity index (χ3v) is 7.20. The van der Waals surface area contributed by atoms with Gasteiger partial charge in [0.05, 0.1) is 11.8 Å². The van der Waals surface area contributed by atoms with Gasteiger partial charge in [-0.3, -0.25) is 14.4 Å². The van der Waals surface area contributed by atoms with Gasteiger partial charge in [0, 0.05) is 29.9 Å². The number of fused-ring (bicyclic) bond motifs is 1. The molecule has 0 radical (unpaired) electrons. The first kappa shape index (κ1) is 19.8. The molecule has 6 heteroatoms. The van der Waals surface area contributed by atoms with Crippen molar-refractivity contribution in [2.75, 3.05) is 17.3 Å². The summed E-state index contributed by atoms with van der Waals surface area (Å²) in [6.07, 6.45) is 2.51. The molecule has 6 nitrogen and oxygen atoms in total. The molecule has 3 fully saturated rings. The smallest absolute Gasteiger partial charge is 0.310 e. The van der Waals surface area contributed by atoms with Crippen LogP contribution in [0.15, 0.2) is 48.5 Å². The number of amides is 2. The summed E-state index contributed by atoms with van der Waals surface area (Å²) in [5.41, 5.74) is 3.04. The minimum Gasteiger partial charge on any atom is -0.462 e. The van der Waals surface area contributed by atoms with Gasteiger partial charge in [-0.05, 0) is 55.0 Å². The van der Waals surface area contributed by atoms with Crippen molar-refractivity contribution in [3.05, 3.63) is 59.7 Å². The molecule has 2 aromatic rings. The lowest BCUT2D eigenvalue weighted by atomic mass is 9.79. The summed E-state index contributed by atoms with van der Waals surface area (Å²) in [5, 5.41) is 2.95. The maximum absolute atomic E-state index is 13.1. The van der Waals surface area contributed by atoms with Crippen molar-refractivity contribution in [1.82, 2.24) is 0 Å². The van der Waals surface area contributed by atoms with Gasteiger partial charge in [-0.25, -0.2) is 0 Å². The number of nitrogens with one attached hydrogen (secondary N) is 1. The number of para-hydroxylation sites is 1. The van der Waals surface area contributed by atoms with Gasteiger partial charge in [0.15, 0.2) is 0 Å². The van der Waals surface area contributed by atoms with Gasteiger partial charge in [-0.15, -0.1) is 0 Å². The van der Waals surface area contributed by atoms with Crippen molar-refractivity contribution < 1.29 is 19.1 Å². The topological polar surface area (TPSA) is 75.7 Å². The molecule has 1 heterocycles. The molecule has 160 valence electrons. The summed E-state index contributed by atoms with van der Waals surface area (Å²) in [6.45, 7) is 2.06. The maximum atomic E-state index is 13.1. The molecule has 2 bridgehead atoms. The average Bonchev–Trinajstić information content (AvgIpc) is 3.41. The molecule has 31 heavy (non-hydrogen) atoms. The molecule has 0 unspecified atom stereocenters. The summed E-state index contributed by atoms with van der Waals surface area (Å²) in [5.74, 6) is -0.778. The van der Waals surface area contributed by atoms with Gasteiger partial charge in [0.1, 0.15) is 6.10 Å². The Kier molecular flexibility index (Phi) is 4.80. The lowest BCUT2D eigenvalue weighted by molar-refractivity contribution is -0.145. The summed E-state index contributed by atoms with van der Waals surface area (Å²) in [6, 6.07) is 14.8. The standard InChI is InChI=1S/C25H26N2O4/c1-3-14-7-4-5-10-19(14)27(2)24(29)15-8-6-9-17(11-15)26-23(28)21-16-12-18-20(13-16)31-25(30)22(18)21/h4-11,16,18,20-22H,3,12-13H2,1-2H3,(H,26,28)/t16-,18+,20-,21+,22-/m1/s1. The van der Waals surface area contributed by atoms with E-state index in [1.165, 1.54) is 0 Å². The Hall–Kier alpha value is -3.15. The fourth-order valence-electron chi connectivity index (χ4n) is 5.76. The fraction of sp³-hybridized carbons (Fsp3) is 0.400. The molecule has 5 rings (SSSR count). The number of aryl methyl sites for hydroxylation is 1. The van der Waals surface area contributed by atoms with Crippen molar-refractivity contribution in [1.29, 1.82) is 0 Å². The highest BCUT2D eigenvalue weighted by Gasteiger charge is 2.63. The minimum atomic E-state index is -0.338. The third kappa shape index (κ3) is 3.21. The van der Waals surface area contributed by atoms with Gasteiger partial charge in [-0.2, -0.15) is 0 Å². The number of carbonyl (C=O) groups is 3. The second-order valence-corrected chi connectivity index (χ2v) is 8.84. The Morgan fingerprint density at radius 1 is 1.13 bits per heavy atom. The van der Waals surface area contributed by atoms with Crippen LogP contribution in [0, 0.1) is 23.7 Å². The number of esters is 1. The van der Waals surface area contributed by atoms with Crippen molar-refractivity contribution in [3.8, 4) is 0 Å². The van der Waals surface area contributed by atoms with E-state index in [-0.39, 0.29) is 47.6 Å². The van der Waals surface area contributed by atoms with Crippen LogP contribution in [0.5, 0.6) is 0 Å². The van der Waals surface area contributed by atoms with Crippen LogP contribution in [0.3, 0.4) is 0 Å². The number of ether oxygens (including phenoxy) is 1. The van der Waals surface area contributed by atoms with E-state index in [0.29, 0.717) is 11.3 Å². The Morgan fingerprint density at radius 2 is 1.94 bits per heavy atom. The van der Waals surface area contributed by atoms with E-state index in [1.807, 2.05) is 24.3 Å². The molecule has 0 aromatic heterocycles. The van der Waals surface area contributed by atoms with Crippen LogP contribution in [0.4, 0.5) is 11.4 Å². The zero-order chi connectivity index (χ0) is 21.7. The van der Waals surface area contributed by atoms with Crippen LogP contribution in [0.25, 0.3) is 0 Å². The Labute approximate surface area is 181 Å². The van der Waals surface area contributed by atoms with Crippen LogP contribution in [-0.4, -0.2) is 30.9 Å². The number of hydrogen-bond acceptors (Lipinski definition) is 4. The molecule has 3 aliphatic rings. The normalized spacial score (nSPS) is 27.8. The summed E-state index contributed by atoms with van der Waals surface area (Å²) in [4.78, 5) is 40.0. The average molecular weight is 418 g/mol. The highest BCUT2D eigenvalue weighted by atomic mass is 16.6. The summed E-state index contributed by atoms with van der Waals surface area (Å²) < 4.78 is 5.44. The predicted octanol–water partition coefficient (Wildman–Crippen LogP) is 3.66. The number of rotatable bonds is 5. The van der Waals surface area contributed by atoms with E-state index in [4.69, 9.17) is 4.74 Å². The Balaban J connectivity index is 1.33. The number of carbonyl (C=O) groups excluding carboxylic acids is 3. The van der Waals surface area contributed by atoms with Gasteiger partial charge in [0.25, 0.3) is 5.91 Å². The lowest BCUT2D eigenvalue weighted by Crippen LogP contribution is -2.36. The molecular formula is C25H26N2O4. The molecule has 0 spiro atoms. The molecule has 1 N–H and O–H groups in total. The molecule has 1 aliphatic heterocycles. The van der Waals surface area contributed by atoms with E-state index in [0.717, 1.165) is 30.5 Å². The zero-order valence-electron chi connectivity index (χ0n) is 17.7. The van der Waals surface area contributed by atoms with Crippen molar-refractivity contribution in [2.24, 2.45) is 23.7 Å². The first-order chi connectivity index (χ1) is 15.0. The highest BCUT2D eigenvalue weighted by molar-refractivity contribution is 6.07. The molecule has 2 aromatic carbocycles. The number of anilines is 2. The maximum Gasteiger partial charge on any atom is 0.310 e. The van der Waals surface area contributed by atoms with Gasteiger partial charge in [-0.1, -0.05) is 31.2 Å². The SMILES string of the molecule is CCc1ccccc1N(C)C(=O)c1cccc(NC(=O)[C@H]2[C@@H]3C[C@@H]4[C@H]2C(=O)O[C@@H]4C3)c1. The summed E-state index contributed by atoms with van der Waals surface area (Å²) >= 11 is 0. The molecule has 5 atom stereocenters. The Bertz CT molecular complexity index is 1060. The van der Waals surface area contributed by atoms with Gasteiger partial charge < -0.3 is 15.0 Å². The van der Waals surface area contributed by atoms with E-state index >= 15 is 0 Å². The zero-order valence-corrected chi connectivity index (χ0v) is 17.7. The van der Waals surface area contributed by atoms with Crippen LogP contribution in [0.2, 0.25) is 0 Å². The van der Waals surface area contributed by atoms with Crippen LogP contribution < -0.4 is 10.2 Å². The molecule has 1 saturated heterocycles. The number of nitrogens with zero attached hydrogens (tertiary/aromatic N) is 1. The fourth-order valence-corrected chi connectivity index (χ4v) is 5.76. The molecule has 2 saturated carbocycles. The second-order valence-electron chi connectivity index (χ2n) is 8.84. The van der Waals surface area contributed by atoms with Crippen LogP contribution in [-0.2, 0) is 20.7 Å². The largest absolute Gasteiger partial charge is 0.462 e. The molecular weight excluding hydrogens is 392 g/mol. The van der Waals surface area contributed by atoms with Gasteiger partial charge >= 0.3 is 5.97 Å². The second kappa shape index (κ2) is 7.52. The Morgan fingerprint density at radius 3 is 2.74 bits per heavy atom. The van der Waals surface area contributed by atoms with E-state index in [9.17, 15) is 14.4 Å². The molecule has 2 amide bonds. The number of hydrogen-bond donors (Lipinski definition) is 1. The first-order valence-corrected chi connectivity index (χ1v) is 10.9. The quantitative estimate of drug-likeness (QED) is 0.752. The third-order valence-electron chi connectivity index (χ3n) is 7.20. The monoisotopic (exact) mass is 418 g/mol. The highest BCUT2D eigenvalue weighted by Crippen LogP contribution is 2.57. The van der Waals surface area contributed by atoms with E-state index in [1.54, 1.807) is 36.2 Å². The molecule has 2 aliphatic carbocycles. The first-order valence-electron chi connectivity index (χ1n) is 10.9. The van der Waals surface area contributed by atoms with Crippen molar-refractivity contribution in [3.63, 3.8) is 0 Å². The summed E-state index contributed by atoms with van der Waals surface area (Å²) in [7, 11) is 1.76. The minimum absolute atomic E-state index is 0.00837.